The van der Waals surface area contributed by atoms with E-state index in [1.807, 2.05) is 56.9 Å². The van der Waals surface area contributed by atoms with E-state index < -0.39 is 5.54 Å². The fraction of sp³-hybridized carbons (Fsp3) is 0.692. The fourth-order valence-corrected chi connectivity index (χ4v) is 5.55. The number of hydrogen-bond donors (Lipinski definition) is 0. The van der Waals surface area contributed by atoms with Gasteiger partial charge in [-0.1, -0.05) is 6.07 Å². The lowest BCUT2D eigenvalue weighted by molar-refractivity contribution is -0.125. The summed E-state index contributed by atoms with van der Waals surface area (Å²) in [6.45, 7) is 13.0. The largest absolute Gasteiger partial charge is 0.488 e. The number of carbonyl (C=O) groups excluding carboxylic acids is 2. The summed E-state index contributed by atoms with van der Waals surface area (Å²) in [6.07, 6.45) is 4.54. The minimum Gasteiger partial charge on any atom is -0.488 e. The van der Waals surface area contributed by atoms with Gasteiger partial charge in [0.25, 0.3) is 5.91 Å². The lowest BCUT2D eigenvalue weighted by Gasteiger charge is -2.34. The maximum Gasteiger partial charge on any atom is 0.332 e. The average Bonchev–Trinajstić information content (AvgIpc) is 2.87. The molecule has 182 valence electrons. The van der Waals surface area contributed by atoms with Gasteiger partial charge in [-0.25, -0.2) is 9.69 Å². The third-order valence-corrected chi connectivity index (χ3v) is 7.12. The van der Waals surface area contributed by atoms with Gasteiger partial charge in [-0.2, -0.15) is 0 Å². The molecule has 3 aliphatic rings. The molecule has 4 rings (SSSR count). The van der Waals surface area contributed by atoms with E-state index in [0.29, 0.717) is 36.7 Å². The molecule has 33 heavy (non-hydrogen) atoms. The van der Waals surface area contributed by atoms with Gasteiger partial charge < -0.3 is 19.3 Å². The van der Waals surface area contributed by atoms with Crippen LogP contribution in [-0.2, 0) is 9.53 Å². The molecule has 0 N–H and O–H groups in total. The van der Waals surface area contributed by atoms with Gasteiger partial charge >= 0.3 is 6.03 Å². The van der Waals surface area contributed by atoms with Crippen molar-refractivity contribution in [2.24, 2.45) is 5.92 Å². The number of nitrogens with zero attached hydrogens (tertiary/aromatic N) is 3. The highest BCUT2D eigenvalue weighted by molar-refractivity contribution is 6.23. The number of hydrogen-bond acceptors (Lipinski definition) is 5. The van der Waals surface area contributed by atoms with E-state index in [1.54, 1.807) is 0 Å². The first kappa shape index (κ1) is 24.0. The molecule has 0 bridgehead atoms. The Bertz CT molecular complexity index is 861. The maximum absolute atomic E-state index is 13.9. The number of carbonyl (C=O) groups is 2. The van der Waals surface area contributed by atoms with E-state index in [0.717, 1.165) is 52.1 Å². The molecular formula is C26H39N3O4. The Balaban J connectivity index is 1.54. The van der Waals surface area contributed by atoms with E-state index in [-0.39, 0.29) is 17.5 Å². The minimum atomic E-state index is -0.753. The second kappa shape index (κ2) is 9.63. The van der Waals surface area contributed by atoms with E-state index in [1.165, 1.54) is 4.90 Å². The number of amides is 3. The summed E-state index contributed by atoms with van der Waals surface area (Å²) in [5.41, 5.74) is -0.522. The van der Waals surface area contributed by atoms with E-state index >= 15 is 0 Å². The topological polar surface area (TPSA) is 62.3 Å². The second-order valence-corrected chi connectivity index (χ2v) is 10.6. The zero-order valence-electron chi connectivity index (χ0n) is 20.6. The Hall–Kier alpha value is -2.12. The van der Waals surface area contributed by atoms with Crippen LogP contribution in [0.1, 0.15) is 59.8 Å². The van der Waals surface area contributed by atoms with Crippen molar-refractivity contribution in [3.63, 3.8) is 0 Å². The van der Waals surface area contributed by atoms with Crippen molar-refractivity contribution in [2.45, 2.75) is 70.9 Å². The molecule has 3 aliphatic heterocycles. The first-order valence-electron chi connectivity index (χ1n) is 12.5. The van der Waals surface area contributed by atoms with Gasteiger partial charge in [-0.05, 0) is 84.4 Å². The third kappa shape index (κ3) is 5.04. The molecule has 1 atom stereocenters. The highest BCUT2D eigenvalue weighted by atomic mass is 16.5. The molecule has 3 amide bonds. The molecule has 3 heterocycles. The lowest BCUT2D eigenvalue weighted by atomic mass is 9.88. The minimum absolute atomic E-state index is 0.0878. The van der Waals surface area contributed by atoms with Gasteiger partial charge in [0.15, 0.2) is 0 Å². The normalized spacial score (nSPS) is 25.7. The number of ether oxygens (including phenoxy) is 2. The van der Waals surface area contributed by atoms with Gasteiger partial charge in [0.1, 0.15) is 16.9 Å². The molecule has 7 nitrogen and oxygen atoms in total. The maximum atomic E-state index is 13.9. The molecule has 0 aromatic heterocycles. The molecule has 0 unspecified atom stereocenters. The van der Waals surface area contributed by atoms with Crippen LogP contribution in [0.5, 0.6) is 5.75 Å². The molecule has 0 aliphatic carbocycles. The van der Waals surface area contributed by atoms with Crippen LogP contribution in [0.25, 0.3) is 0 Å². The highest BCUT2D eigenvalue weighted by Crippen LogP contribution is 2.40. The Morgan fingerprint density at radius 2 is 1.88 bits per heavy atom. The smallest absolute Gasteiger partial charge is 0.332 e. The Morgan fingerprint density at radius 3 is 2.58 bits per heavy atom. The molecule has 0 radical (unpaired) electrons. The van der Waals surface area contributed by atoms with Crippen molar-refractivity contribution in [1.82, 2.24) is 9.80 Å². The van der Waals surface area contributed by atoms with Crippen LogP contribution < -0.4 is 9.64 Å². The molecule has 3 saturated heterocycles. The lowest BCUT2D eigenvalue weighted by Crippen LogP contribution is -2.50. The van der Waals surface area contributed by atoms with Gasteiger partial charge in [-0.3, -0.25) is 4.79 Å². The van der Waals surface area contributed by atoms with Crippen LogP contribution in [0.15, 0.2) is 24.3 Å². The number of likely N-dealkylation sites (N-methyl/N-ethyl adjacent to an activating group) is 1. The fourth-order valence-electron chi connectivity index (χ4n) is 5.55. The summed E-state index contributed by atoms with van der Waals surface area (Å²) in [4.78, 5) is 33.1. The zero-order valence-corrected chi connectivity index (χ0v) is 20.6. The van der Waals surface area contributed by atoms with Crippen molar-refractivity contribution in [3.8, 4) is 5.75 Å². The summed E-state index contributed by atoms with van der Waals surface area (Å²) in [6, 6.07) is 7.13. The molecule has 1 aromatic rings. The molecule has 3 fully saturated rings. The summed E-state index contributed by atoms with van der Waals surface area (Å²) in [5.74, 6) is 1.24. The van der Waals surface area contributed by atoms with E-state index in [9.17, 15) is 9.59 Å². The number of urea groups is 1. The molecule has 1 aromatic carbocycles. The predicted molar refractivity (Wildman–Crippen MR) is 129 cm³/mol. The number of imide groups is 1. The Labute approximate surface area is 198 Å². The highest BCUT2D eigenvalue weighted by Gasteiger charge is 2.57. The van der Waals surface area contributed by atoms with Crippen LogP contribution in [0, 0.1) is 5.92 Å². The first-order chi connectivity index (χ1) is 15.7. The number of benzene rings is 1. The van der Waals surface area contributed by atoms with Crippen molar-refractivity contribution in [2.75, 3.05) is 44.3 Å². The Morgan fingerprint density at radius 1 is 1.12 bits per heavy atom. The van der Waals surface area contributed by atoms with Crippen LogP contribution in [-0.4, -0.2) is 72.3 Å². The van der Waals surface area contributed by atoms with Crippen molar-refractivity contribution >= 4 is 17.6 Å². The van der Waals surface area contributed by atoms with Crippen LogP contribution in [0.3, 0.4) is 0 Å². The Kier molecular flexibility index (Phi) is 7.01. The summed E-state index contributed by atoms with van der Waals surface area (Å²) < 4.78 is 11.5. The number of anilines is 1. The van der Waals surface area contributed by atoms with Crippen molar-refractivity contribution in [3.05, 3.63) is 24.3 Å². The van der Waals surface area contributed by atoms with Gasteiger partial charge in [-0.15, -0.1) is 0 Å². The molecular weight excluding hydrogens is 418 g/mol. The summed E-state index contributed by atoms with van der Waals surface area (Å²) in [5, 5.41) is 0. The summed E-state index contributed by atoms with van der Waals surface area (Å²) >= 11 is 0. The van der Waals surface area contributed by atoms with Gasteiger partial charge in [0.05, 0.1) is 5.69 Å². The standard InChI is InChI=1S/C26H39N3O4/c1-5-28-24(31)29(21-8-6-9-22(18-21)33-25(2,3)4)23(30)26(28)12-7-14-27(15-13-26)19-20-10-16-32-17-11-20/h6,8-9,18,20H,5,7,10-17,19H2,1-4H3/t26-/m0/s1. The van der Waals surface area contributed by atoms with E-state index in [4.69, 9.17) is 9.47 Å². The van der Waals surface area contributed by atoms with Crippen molar-refractivity contribution < 1.29 is 19.1 Å². The van der Waals surface area contributed by atoms with Crippen molar-refractivity contribution in [1.29, 1.82) is 0 Å². The monoisotopic (exact) mass is 457 g/mol. The molecule has 0 saturated carbocycles. The first-order valence-corrected chi connectivity index (χ1v) is 12.5. The SMILES string of the molecule is CCN1C(=O)N(c2cccc(OC(C)(C)C)c2)C(=O)[C@@]12CCCN(CC1CCOCC1)CC2. The van der Waals surface area contributed by atoms with Crippen LogP contribution in [0.4, 0.5) is 10.5 Å². The van der Waals surface area contributed by atoms with Gasteiger partial charge in [0, 0.05) is 38.9 Å². The van der Waals surface area contributed by atoms with Crippen LogP contribution in [0.2, 0.25) is 0 Å². The van der Waals surface area contributed by atoms with E-state index in [2.05, 4.69) is 4.90 Å². The van der Waals surface area contributed by atoms with Crippen LogP contribution >= 0.6 is 0 Å². The molecule has 1 spiro atoms. The quantitative estimate of drug-likeness (QED) is 0.617. The van der Waals surface area contributed by atoms with Gasteiger partial charge in [0.2, 0.25) is 0 Å². The predicted octanol–water partition coefficient (Wildman–Crippen LogP) is 4.30. The second-order valence-electron chi connectivity index (χ2n) is 10.6. The number of likely N-dealkylation sites (tertiary alicyclic amines) is 1. The number of rotatable bonds is 5. The summed E-state index contributed by atoms with van der Waals surface area (Å²) in [7, 11) is 0. The third-order valence-electron chi connectivity index (χ3n) is 7.12. The average molecular weight is 458 g/mol. The zero-order chi connectivity index (χ0) is 23.6. The molecule has 7 heteroatoms.